The highest BCUT2D eigenvalue weighted by atomic mass is 16.5. The molecule has 3 rings (SSSR count). The number of nitrogens with zero attached hydrogens (tertiary/aromatic N) is 1. The standard InChI is InChI=1S/C18H27NO4/c1-14-3-4-16(17(9-14)21-2)23-8-6-19-10-15-11-22-7-5-18(15,12-19)13-20/h3-4,9,15,20H,5-8,10-13H2,1-2H3/t15-,18-/m1/s1. The van der Waals surface area contributed by atoms with Crippen LogP contribution in [0.4, 0.5) is 0 Å². The van der Waals surface area contributed by atoms with Crippen LogP contribution < -0.4 is 9.47 Å². The molecule has 5 heteroatoms. The summed E-state index contributed by atoms with van der Waals surface area (Å²) in [4.78, 5) is 2.39. The van der Waals surface area contributed by atoms with E-state index < -0.39 is 0 Å². The van der Waals surface area contributed by atoms with E-state index in [2.05, 4.69) is 4.90 Å². The lowest BCUT2D eigenvalue weighted by atomic mass is 9.75. The van der Waals surface area contributed by atoms with Crippen LogP contribution in [-0.2, 0) is 4.74 Å². The normalized spacial score (nSPS) is 27.7. The summed E-state index contributed by atoms with van der Waals surface area (Å²) in [5.41, 5.74) is 1.18. The predicted octanol–water partition coefficient (Wildman–Crippen LogP) is 1.71. The van der Waals surface area contributed by atoms with E-state index in [9.17, 15) is 5.11 Å². The van der Waals surface area contributed by atoms with Crippen molar-refractivity contribution in [2.24, 2.45) is 11.3 Å². The number of aliphatic hydroxyl groups is 1. The SMILES string of the molecule is COc1cc(C)ccc1OCCN1C[C@@H]2COCC[C@]2(CO)C1. The molecule has 2 atom stereocenters. The molecular weight excluding hydrogens is 294 g/mol. The minimum Gasteiger partial charge on any atom is -0.493 e. The number of hydrogen-bond acceptors (Lipinski definition) is 5. The van der Waals surface area contributed by atoms with Gasteiger partial charge < -0.3 is 19.3 Å². The van der Waals surface area contributed by atoms with Gasteiger partial charge in [0, 0.05) is 37.6 Å². The Morgan fingerprint density at radius 3 is 3.00 bits per heavy atom. The number of rotatable bonds is 6. The fourth-order valence-corrected chi connectivity index (χ4v) is 3.77. The second-order valence-corrected chi connectivity index (χ2v) is 6.78. The number of likely N-dealkylation sites (tertiary alicyclic amines) is 1. The molecule has 2 saturated heterocycles. The van der Waals surface area contributed by atoms with Crippen molar-refractivity contribution in [1.29, 1.82) is 0 Å². The number of hydrogen-bond donors (Lipinski definition) is 1. The molecule has 1 aromatic rings. The van der Waals surface area contributed by atoms with Gasteiger partial charge in [0.05, 0.1) is 20.3 Å². The van der Waals surface area contributed by atoms with Crippen molar-refractivity contribution < 1.29 is 19.3 Å². The smallest absolute Gasteiger partial charge is 0.161 e. The van der Waals surface area contributed by atoms with Crippen molar-refractivity contribution in [3.05, 3.63) is 23.8 Å². The lowest BCUT2D eigenvalue weighted by Crippen LogP contribution is -2.41. The molecule has 1 N–H and O–H groups in total. The summed E-state index contributed by atoms with van der Waals surface area (Å²) in [7, 11) is 1.66. The Balaban J connectivity index is 1.54. The number of methoxy groups -OCH3 is 1. The molecular formula is C18H27NO4. The Bertz CT molecular complexity index is 536. The topological polar surface area (TPSA) is 51.2 Å². The van der Waals surface area contributed by atoms with Crippen LogP contribution in [0.3, 0.4) is 0 Å². The first-order chi connectivity index (χ1) is 11.2. The van der Waals surface area contributed by atoms with Gasteiger partial charge in [-0.1, -0.05) is 6.07 Å². The quantitative estimate of drug-likeness (QED) is 0.864. The minimum absolute atomic E-state index is 0.0276. The molecule has 2 aliphatic rings. The molecule has 0 amide bonds. The van der Waals surface area contributed by atoms with Crippen LogP contribution in [0.5, 0.6) is 11.5 Å². The molecule has 2 heterocycles. The summed E-state index contributed by atoms with van der Waals surface area (Å²) in [5, 5.41) is 9.84. The summed E-state index contributed by atoms with van der Waals surface area (Å²) in [6, 6.07) is 5.97. The zero-order valence-corrected chi connectivity index (χ0v) is 14.1. The molecule has 0 saturated carbocycles. The fourth-order valence-electron chi connectivity index (χ4n) is 3.77. The van der Waals surface area contributed by atoms with Gasteiger partial charge in [-0.25, -0.2) is 0 Å². The Labute approximate surface area is 138 Å². The van der Waals surface area contributed by atoms with Crippen molar-refractivity contribution in [3.63, 3.8) is 0 Å². The van der Waals surface area contributed by atoms with Gasteiger partial charge in [0.2, 0.25) is 0 Å². The van der Waals surface area contributed by atoms with Gasteiger partial charge in [-0.05, 0) is 31.0 Å². The monoisotopic (exact) mass is 321 g/mol. The Morgan fingerprint density at radius 2 is 2.26 bits per heavy atom. The highest BCUT2D eigenvalue weighted by Crippen LogP contribution is 2.41. The van der Waals surface area contributed by atoms with Crippen molar-refractivity contribution >= 4 is 0 Å². The summed E-state index contributed by atoms with van der Waals surface area (Å²) in [6.45, 7) is 7.22. The lowest BCUT2D eigenvalue weighted by Gasteiger charge is -2.36. The maximum atomic E-state index is 9.84. The molecule has 0 bridgehead atoms. The molecule has 1 aromatic carbocycles. The molecule has 0 unspecified atom stereocenters. The Morgan fingerprint density at radius 1 is 1.39 bits per heavy atom. The first-order valence-corrected chi connectivity index (χ1v) is 8.35. The van der Waals surface area contributed by atoms with Crippen molar-refractivity contribution in [1.82, 2.24) is 4.90 Å². The molecule has 128 valence electrons. The predicted molar refractivity (Wildman–Crippen MR) is 88.1 cm³/mol. The third kappa shape index (κ3) is 3.47. The molecule has 0 spiro atoms. The number of benzene rings is 1. The maximum Gasteiger partial charge on any atom is 0.161 e. The van der Waals surface area contributed by atoms with Gasteiger partial charge in [-0.3, -0.25) is 4.90 Å². The second-order valence-electron chi connectivity index (χ2n) is 6.78. The average Bonchev–Trinajstić information content (AvgIpc) is 2.95. The summed E-state index contributed by atoms with van der Waals surface area (Å²) in [6.07, 6.45) is 0.956. The minimum atomic E-state index is 0.0276. The van der Waals surface area contributed by atoms with E-state index in [4.69, 9.17) is 14.2 Å². The van der Waals surface area contributed by atoms with E-state index in [0.717, 1.165) is 56.3 Å². The summed E-state index contributed by atoms with van der Waals surface area (Å²) in [5.74, 6) is 2.00. The van der Waals surface area contributed by atoms with Crippen LogP contribution in [0.2, 0.25) is 0 Å². The van der Waals surface area contributed by atoms with Crippen LogP contribution in [0.15, 0.2) is 18.2 Å². The highest BCUT2D eigenvalue weighted by Gasteiger charge is 2.47. The lowest BCUT2D eigenvalue weighted by molar-refractivity contribution is -0.0417. The van der Waals surface area contributed by atoms with Crippen LogP contribution in [0.25, 0.3) is 0 Å². The molecule has 0 radical (unpaired) electrons. The van der Waals surface area contributed by atoms with E-state index >= 15 is 0 Å². The van der Waals surface area contributed by atoms with Gasteiger partial charge in [0.1, 0.15) is 6.61 Å². The number of fused-ring (bicyclic) bond motifs is 1. The van der Waals surface area contributed by atoms with Gasteiger partial charge in [-0.15, -0.1) is 0 Å². The zero-order chi connectivity index (χ0) is 16.3. The Hall–Kier alpha value is -1.30. The van der Waals surface area contributed by atoms with E-state index in [0.29, 0.717) is 12.5 Å². The van der Waals surface area contributed by atoms with Crippen LogP contribution >= 0.6 is 0 Å². The van der Waals surface area contributed by atoms with Crippen LogP contribution in [-0.4, -0.2) is 63.2 Å². The fraction of sp³-hybridized carbons (Fsp3) is 0.667. The van der Waals surface area contributed by atoms with Gasteiger partial charge in [0.15, 0.2) is 11.5 Å². The molecule has 0 aliphatic carbocycles. The summed E-state index contributed by atoms with van der Waals surface area (Å²) >= 11 is 0. The molecule has 5 nitrogen and oxygen atoms in total. The number of aryl methyl sites for hydroxylation is 1. The van der Waals surface area contributed by atoms with Crippen molar-refractivity contribution in [2.45, 2.75) is 13.3 Å². The van der Waals surface area contributed by atoms with Gasteiger partial charge in [-0.2, -0.15) is 0 Å². The van der Waals surface area contributed by atoms with E-state index in [1.807, 2.05) is 25.1 Å². The van der Waals surface area contributed by atoms with Crippen LogP contribution in [0, 0.1) is 18.3 Å². The maximum absolute atomic E-state index is 9.84. The Kier molecular flexibility index (Phi) is 5.09. The number of aliphatic hydroxyl groups excluding tert-OH is 1. The molecule has 2 fully saturated rings. The van der Waals surface area contributed by atoms with E-state index in [1.165, 1.54) is 0 Å². The van der Waals surface area contributed by atoms with Crippen molar-refractivity contribution in [3.8, 4) is 11.5 Å². The number of ether oxygens (including phenoxy) is 3. The highest BCUT2D eigenvalue weighted by molar-refractivity contribution is 5.42. The third-order valence-electron chi connectivity index (χ3n) is 5.25. The van der Waals surface area contributed by atoms with E-state index in [-0.39, 0.29) is 12.0 Å². The first kappa shape index (κ1) is 16.6. The van der Waals surface area contributed by atoms with Gasteiger partial charge in [0.25, 0.3) is 0 Å². The molecule has 23 heavy (non-hydrogen) atoms. The van der Waals surface area contributed by atoms with Gasteiger partial charge >= 0.3 is 0 Å². The van der Waals surface area contributed by atoms with E-state index in [1.54, 1.807) is 7.11 Å². The molecule has 0 aromatic heterocycles. The van der Waals surface area contributed by atoms with Crippen LogP contribution in [0.1, 0.15) is 12.0 Å². The largest absolute Gasteiger partial charge is 0.493 e. The average molecular weight is 321 g/mol. The zero-order valence-electron chi connectivity index (χ0n) is 14.1. The third-order valence-corrected chi connectivity index (χ3v) is 5.25. The second kappa shape index (κ2) is 7.07. The molecule has 2 aliphatic heterocycles. The first-order valence-electron chi connectivity index (χ1n) is 8.35. The summed E-state index contributed by atoms with van der Waals surface area (Å²) < 4.78 is 16.9. The van der Waals surface area contributed by atoms with Crippen molar-refractivity contribution in [2.75, 3.05) is 53.2 Å².